The van der Waals surface area contributed by atoms with E-state index in [-0.39, 0.29) is 11.8 Å². The van der Waals surface area contributed by atoms with Gasteiger partial charge in [-0.25, -0.2) is 0 Å². The summed E-state index contributed by atoms with van der Waals surface area (Å²) in [6.07, 6.45) is 7.46. The fraction of sp³-hybridized carbons (Fsp3) is 0.613. The Labute approximate surface area is 224 Å². The van der Waals surface area contributed by atoms with E-state index in [4.69, 9.17) is 0 Å². The van der Waals surface area contributed by atoms with Crippen LogP contribution in [0.3, 0.4) is 0 Å². The summed E-state index contributed by atoms with van der Waals surface area (Å²) in [6.45, 7) is 14.3. The third kappa shape index (κ3) is 9.75. The van der Waals surface area contributed by atoms with Crippen LogP contribution in [0.25, 0.3) is 0 Å². The number of amides is 2. The number of nitrogens with one attached hydrogen (secondary N) is 3. The van der Waals surface area contributed by atoms with Crippen molar-refractivity contribution in [1.82, 2.24) is 16.0 Å². The number of benzene rings is 1. The van der Waals surface area contributed by atoms with Crippen LogP contribution in [0.5, 0.6) is 0 Å². The highest BCUT2D eigenvalue weighted by molar-refractivity contribution is 5.97. The average Bonchev–Trinajstić information content (AvgIpc) is 2.84. The molecule has 1 aliphatic carbocycles. The number of aryl methyl sites for hydroxylation is 1. The van der Waals surface area contributed by atoms with Crippen molar-refractivity contribution in [3.05, 3.63) is 58.7 Å². The summed E-state index contributed by atoms with van der Waals surface area (Å²) in [6, 6.07) is 7.71. The molecule has 37 heavy (non-hydrogen) atoms. The van der Waals surface area contributed by atoms with Gasteiger partial charge >= 0.3 is 0 Å². The minimum absolute atomic E-state index is 0.0142. The van der Waals surface area contributed by atoms with E-state index in [0.29, 0.717) is 43.8 Å². The number of hydrogen-bond donors (Lipinski definition) is 4. The van der Waals surface area contributed by atoms with Crippen molar-refractivity contribution in [3.8, 4) is 0 Å². The van der Waals surface area contributed by atoms with E-state index in [1.807, 2.05) is 51.1 Å². The van der Waals surface area contributed by atoms with Gasteiger partial charge in [0.2, 0.25) is 11.8 Å². The van der Waals surface area contributed by atoms with Gasteiger partial charge in [-0.15, -0.1) is 0 Å². The largest absolute Gasteiger partial charge is 0.390 e. The van der Waals surface area contributed by atoms with E-state index in [2.05, 4.69) is 42.8 Å². The van der Waals surface area contributed by atoms with Crippen molar-refractivity contribution < 1.29 is 14.7 Å². The fourth-order valence-electron chi connectivity index (χ4n) is 5.04. The molecule has 0 aliphatic heterocycles. The lowest BCUT2D eigenvalue weighted by Crippen LogP contribution is -2.50. The van der Waals surface area contributed by atoms with Crippen molar-refractivity contribution in [2.24, 2.45) is 11.3 Å². The summed E-state index contributed by atoms with van der Waals surface area (Å²) in [4.78, 5) is 26.8. The minimum Gasteiger partial charge on any atom is -0.390 e. The van der Waals surface area contributed by atoms with Gasteiger partial charge in [0.1, 0.15) is 0 Å². The first kappa shape index (κ1) is 30.8. The highest BCUT2D eigenvalue weighted by Crippen LogP contribution is 2.39. The Morgan fingerprint density at radius 3 is 2.51 bits per heavy atom. The lowest BCUT2D eigenvalue weighted by Gasteiger charge is -2.34. The quantitative estimate of drug-likeness (QED) is 0.259. The maximum atomic E-state index is 13.6. The molecule has 1 aromatic rings. The van der Waals surface area contributed by atoms with Gasteiger partial charge in [-0.3, -0.25) is 9.59 Å². The number of allylic oxidation sites excluding steroid dienone is 2. The molecule has 0 saturated heterocycles. The van der Waals surface area contributed by atoms with Crippen molar-refractivity contribution in [1.29, 1.82) is 0 Å². The predicted octanol–water partition coefficient (Wildman–Crippen LogP) is 4.61. The van der Waals surface area contributed by atoms with Gasteiger partial charge in [0.15, 0.2) is 0 Å². The highest BCUT2D eigenvalue weighted by atomic mass is 16.3. The number of carbonyl (C=O) groups is 2. The number of carbonyl (C=O) groups excluding carboxylic acids is 2. The smallest absolute Gasteiger partial charge is 0.247 e. The van der Waals surface area contributed by atoms with E-state index >= 15 is 0 Å². The van der Waals surface area contributed by atoms with E-state index in [1.54, 1.807) is 0 Å². The summed E-state index contributed by atoms with van der Waals surface area (Å²) < 4.78 is 0. The van der Waals surface area contributed by atoms with Gasteiger partial charge in [-0.05, 0) is 64.0 Å². The first-order chi connectivity index (χ1) is 17.6. The molecule has 4 N–H and O–H groups in total. The molecule has 3 atom stereocenters. The zero-order valence-corrected chi connectivity index (χ0v) is 23.8. The molecule has 2 rings (SSSR count). The number of aliphatic hydroxyl groups is 1. The van der Waals surface area contributed by atoms with Gasteiger partial charge in [-0.1, -0.05) is 81.7 Å². The molecule has 206 valence electrons. The number of rotatable bonds is 15. The standard InChI is InChI=1S/C31H49N3O3/c1-7-13-31(30(37)33-14-8-2)19-24(6)17-26(20-31)29(36)34-27(18-25-11-9-10-23(5)16-25)28(35)21-32-15-12-22(3)4/h9-11,16-17,19,22,27-28,32,35H,7-8,12-15,18,20-21H2,1-6H3,(H,33,37)(H,34,36)/t27-,28+,31?/m0/s1. The van der Waals surface area contributed by atoms with Gasteiger partial charge in [0.25, 0.3) is 0 Å². The summed E-state index contributed by atoms with van der Waals surface area (Å²) in [5.41, 5.74) is 3.00. The average molecular weight is 512 g/mol. The van der Waals surface area contributed by atoms with E-state index < -0.39 is 17.6 Å². The molecule has 6 nitrogen and oxygen atoms in total. The second-order valence-corrected chi connectivity index (χ2v) is 11.1. The second-order valence-electron chi connectivity index (χ2n) is 11.1. The van der Waals surface area contributed by atoms with E-state index in [0.717, 1.165) is 42.5 Å². The number of hydrogen-bond acceptors (Lipinski definition) is 4. The third-order valence-electron chi connectivity index (χ3n) is 6.96. The van der Waals surface area contributed by atoms with E-state index in [9.17, 15) is 14.7 Å². The van der Waals surface area contributed by atoms with Gasteiger partial charge in [0, 0.05) is 18.7 Å². The Kier molecular flexibility index (Phi) is 12.6. The van der Waals surface area contributed by atoms with Crippen LogP contribution in [0.15, 0.2) is 47.6 Å². The maximum Gasteiger partial charge on any atom is 0.247 e. The topological polar surface area (TPSA) is 90.5 Å². The summed E-state index contributed by atoms with van der Waals surface area (Å²) in [5, 5.41) is 20.6. The minimum atomic E-state index is -0.745. The SMILES string of the molecule is CCCNC(=O)C1(CCC)C=C(C)C=C(C(=O)N[C@@H](Cc2cccc(C)c2)[C@H](O)CNCCC(C)C)C1. The Hall–Kier alpha value is -2.44. The molecule has 1 unspecified atom stereocenters. The lowest BCUT2D eigenvalue weighted by molar-refractivity contribution is -0.129. The second kappa shape index (κ2) is 15.1. The molecule has 6 heteroatoms. The summed E-state index contributed by atoms with van der Waals surface area (Å²) in [5.74, 6) is 0.356. The highest BCUT2D eigenvalue weighted by Gasteiger charge is 2.39. The molecule has 2 amide bonds. The lowest BCUT2D eigenvalue weighted by atomic mass is 9.72. The van der Waals surface area contributed by atoms with Crippen LogP contribution in [0.2, 0.25) is 0 Å². The molecule has 0 spiro atoms. The van der Waals surface area contributed by atoms with Gasteiger partial charge in [0.05, 0.1) is 17.6 Å². The molecule has 0 aromatic heterocycles. The molecule has 1 aromatic carbocycles. The Morgan fingerprint density at radius 1 is 1.11 bits per heavy atom. The molecule has 1 aliphatic rings. The zero-order chi connectivity index (χ0) is 27.4. The van der Waals surface area contributed by atoms with Crippen LogP contribution in [-0.4, -0.2) is 48.7 Å². The van der Waals surface area contributed by atoms with Crippen LogP contribution in [-0.2, 0) is 16.0 Å². The number of aliphatic hydroxyl groups excluding tert-OH is 1. The molecule has 0 fully saturated rings. The van der Waals surface area contributed by atoms with E-state index in [1.165, 1.54) is 0 Å². The van der Waals surface area contributed by atoms with Gasteiger partial charge in [-0.2, -0.15) is 0 Å². The monoisotopic (exact) mass is 511 g/mol. The molecule has 0 saturated carbocycles. The Morgan fingerprint density at radius 2 is 1.86 bits per heavy atom. The third-order valence-corrected chi connectivity index (χ3v) is 6.96. The van der Waals surface area contributed by atoms with Crippen LogP contribution >= 0.6 is 0 Å². The van der Waals surface area contributed by atoms with Crippen molar-refractivity contribution in [2.75, 3.05) is 19.6 Å². The fourth-order valence-corrected chi connectivity index (χ4v) is 5.04. The zero-order valence-electron chi connectivity index (χ0n) is 23.8. The first-order valence-corrected chi connectivity index (χ1v) is 14.0. The molecular weight excluding hydrogens is 462 g/mol. The van der Waals surface area contributed by atoms with Gasteiger partial charge < -0.3 is 21.1 Å². The van der Waals surface area contributed by atoms with Crippen molar-refractivity contribution >= 4 is 11.8 Å². The first-order valence-electron chi connectivity index (χ1n) is 14.0. The Balaban J connectivity index is 2.22. The molecule has 0 radical (unpaired) electrons. The van der Waals surface area contributed by atoms with Crippen LogP contribution in [0.4, 0.5) is 0 Å². The van der Waals surface area contributed by atoms with Crippen LogP contribution < -0.4 is 16.0 Å². The molecule has 0 bridgehead atoms. The van der Waals surface area contributed by atoms with Crippen molar-refractivity contribution in [3.63, 3.8) is 0 Å². The normalized spacial score (nSPS) is 19.1. The van der Waals surface area contributed by atoms with Crippen molar-refractivity contribution in [2.45, 2.75) is 92.2 Å². The van der Waals surface area contributed by atoms with Crippen LogP contribution in [0.1, 0.15) is 77.8 Å². The molecular formula is C31H49N3O3. The summed E-state index contributed by atoms with van der Waals surface area (Å²) >= 11 is 0. The van der Waals surface area contributed by atoms with Crippen LogP contribution in [0, 0.1) is 18.3 Å². The molecule has 0 heterocycles. The summed E-state index contributed by atoms with van der Waals surface area (Å²) in [7, 11) is 0. The maximum absolute atomic E-state index is 13.6. The predicted molar refractivity (Wildman–Crippen MR) is 152 cm³/mol. The Bertz CT molecular complexity index is 953.